The fourth-order valence-electron chi connectivity index (χ4n) is 3.01. The fourth-order valence-corrected chi connectivity index (χ4v) is 3.01. The summed E-state index contributed by atoms with van der Waals surface area (Å²) in [6.07, 6.45) is 1.96. The average Bonchev–Trinajstić information content (AvgIpc) is 3.26. The summed E-state index contributed by atoms with van der Waals surface area (Å²) in [5.74, 6) is 0.630. The Morgan fingerprint density at radius 3 is 2.69 bits per heavy atom. The number of aliphatic hydroxyl groups is 1. The van der Waals surface area contributed by atoms with E-state index in [1.54, 1.807) is 31.2 Å². The van der Waals surface area contributed by atoms with Crippen LogP contribution in [0.4, 0.5) is 8.78 Å². The minimum Gasteiger partial charge on any atom is -0.490 e. The lowest BCUT2D eigenvalue weighted by atomic mass is 10.0. The van der Waals surface area contributed by atoms with Crippen molar-refractivity contribution in [3.8, 4) is 28.7 Å². The highest BCUT2D eigenvalue weighted by molar-refractivity contribution is 5.98. The molecule has 0 amide bonds. The van der Waals surface area contributed by atoms with Crippen molar-refractivity contribution in [2.75, 3.05) is 19.8 Å². The van der Waals surface area contributed by atoms with Crippen molar-refractivity contribution in [2.45, 2.75) is 26.4 Å². The van der Waals surface area contributed by atoms with E-state index < -0.39 is 6.61 Å². The summed E-state index contributed by atoms with van der Waals surface area (Å²) in [6, 6.07) is 11.2. The number of hydrogen-bond acceptors (Lipinski definition) is 7. The monoisotopic (exact) mass is 447 g/mol. The Labute approximate surface area is 183 Å². The van der Waals surface area contributed by atoms with Crippen molar-refractivity contribution in [1.29, 1.82) is 0 Å². The largest absolute Gasteiger partial charge is 0.490 e. The van der Waals surface area contributed by atoms with Crippen LogP contribution in [-0.4, -0.2) is 42.3 Å². The lowest BCUT2D eigenvalue weighted by Gasteiger charge is -2.11. The number of ketones is 1. The highest BCUT2D eigenvalue weighted by atomic mass is 19.3. The van der Waals surface area contributed by atoms with Gasteiger partial charge in [-0.1, -0.05) is 12.1 Å². The Morgan fingerprint density at radius 1 is 1.12 bits per heavy atom. The number of aryl methyl sites for hydroxylation is 1. The van der Waals surface area contributed by atoms with Crippen LogP contribution in [0.15, 0.2) is 53.1 Å². The van der Waals surface area contributed by atoms with Crippen LogP contribution >= 0.6 is 0 Å². The number of aromatic nitrogens is 1. The number of benzene rings is 2. The quantitative estimate of drug-likeness (QED) is 0.408. The first-order valence-corrected chi connectivity index (χ1v) is 10.0. The number of nitrogens with zero attached hydrogens (tertiary/aromatic N) is 1. The van der Waals surface area contributed by atoms with Crippen LogP contribution in [0.25, 0.3) is 11.5 Å². The van der Waals surface area contributed by atoms with Gasteiger partial charge < -0.3 is 23.7 Å². The van der Waals surface area contributed by atoms with Gasteiger partial charge in [-0.25, -0.2) is 4.98 Å². The van der Waals surface area contributed by atoms with Crippen LogP contribution in [0.3, 0.4) is 0 Å². The first kappa shape index (κ1) is 23.2. The number of halogens is 2. The minimum atomic E-state index is -2.97. The van der Waals surface area contributed by atoms with Gasteiger partial charge in [0, 0.05) is 18.4 Å². The van der Waals surface area contributed by atoms with Gasteiger partial charge in [-0.3, -0.25) is 4.79 Å². The van der Waals surface area contributed by atoms with Crippen LogP contribution in [0, 0.1) is 0 Å². The van der Waals surface area contributed by atoms with Crippen molar-refractivity contribution < 1.29 is 37.3 Å². The molecule has 0 aliphatic carbocycles. The third-order valence-corrected chi connectivity index (χ3v) is 4.40. The third kappa shape index (κ3) is 6.04. The predicted octanol–water partition coefficient (Wildman–Crippen LogP) is 4.53. The van der Waals surface area contributed by atoms with Crippen LogP contribution in [0.2, 0.25) is 0 Å². The molecule has 3 rings (SSSR count). The number of oxazole rings is 1. The number of rotatable bonds is 12. The second-order valence-electron chi connectivity index (χ2n) is 6.61. The molecule has 0 fully saturated rings. The smallest absolute Gasteiger partial charge is 0.387 e. The fraction of sp³-hybridized carbons (Fsp3) is 0.304. The number of carbonyl (C=O) groups excluding carboxylic acids is 1. The van der Waals surface area contributed by atoms with Gasteiger partial charge in [0.1, 0.15) is 18.6 Å². The first-order chi connectivity index (χ1) is 15.5. The maximum Gasteiger partial charge on any atom is 0.387 e. The topological polar surface area (TPSA) is 91.0 Å². The summed E-state index contributed by atoms with van der Waals surface area (Å²) in [6.45, 7) is -1.02. The van der Waals surface area contributed by atoms with E-state index in [1.165, 1.54) is 24.5 Å². The van der Waals surface area contributed by atoms with E-state index >= 15 is 0 Å². The number of carbonyl (C=O) groups is 1. The zero-order chi connectivity index (χ0) is 22.9. The molecule has 0 unspecified atom stereocenters. The van der Waals surface area contributed by atoms with E-state index in [4.69, 9.17) is 19.0 Å². The minimum absolute atomic E-state index is 0.0786. The normalized spacial score (nSPS) is 10.9. The maximum absolute atomic E-state index is 12.6. The summed E-state index contributed by atoms with van der Waals surface area (Å²) in [7, 11) is 0. The molecule has 0 spiro atoms. The molecule has 32 heavy (non-hydrogen) atoms. The molecule has 7 nitrogen and oxygen atoms in total. The SMILES string of the molecule is CCOc1cc(-c2nc(CCC(=O)c3ccccc3OCCO)co2)ccc1OC(F)F. The second-order valence-corrected chi connectivity index (χ2v) is 6.61. The molecule has 0 aliphatic heterocycles. The Kier molecular flexibility index (Phi) is 8.15. The van der Waals surface area contributed by atoms with E-state index in [9.17, 15) is 13.6 Å². The van der Waals surface area contributed by atoms with Gasteiger partial charge >= 0.3 is 6.61 Å². The number of alkyl halides is 2. The molecule has 1 N–H and O–H groups in total. The van der Waals surface area contributed by atoms with E-state index in [0.29, 0.717) is 29.0 Å². The third-order valence-electron chi connectivity index (χ3n) is 4.40. The number of aliphatic hydroxyl groups excluding tert-OH is 1. The Bertz CT molecular complexity index is 1040. The Balaban J connectivity index is 1.69. The van der Waals surface area contributed by atoms with Crippen molar-refractivity contribution in [2.24, 2.45) is 0 Å². The summed E-state index contributed by atoms with van der Waals surface area (Å²) in [5, 5.41) is 8.93. The number of para-hydroxylation sites is 1. The molecule has 0 bridgehead atoms. The second kappa shape index (κ2) is 11.2. The van der Waals surface area contributed by atoms with Crippen molar-refractivity contribution in [3.05, 3.63) is 60.0 Å². The summed E-state index contributed by atoms with van der Waals surface area (Å²) < 4.78 is 45.9. The molecule has 170 valence electrons. The molecular weight excluding hydrogens is 424 g/mol. The van der Waals surface area contributed by atoms with Crippen LogP contribution in [0.5, 0.6) is 17.2 Å². The summed E-state index contributed by atoms with van der Waals surface area (Å²) in [5.41, 5.74) is 1.52. The van der Waals surface area contributed by atoms with E-state index in [1.807, 2.05) is 0 Å². The lowest BCUT2D eigenvalue weighted by molar-refractivity contribution is -0.0514. The molecule has 9 heteroatoms. The molecule has 1 heterocycles. The molecule has 0 saturated heterocycles. The van der Waals surface area contributed by atoms with Gasteiger partial charge in [0.05, 0.1) is 24.5 Å². The standard InChI is InChI=1S/C23H23F2NO6/c1-2-29-21-13-15(7-10-20(21)32-23(24)25)22-26-16(14-31-22)8-9-18(28)17-5-3-4-6-19(17)30-12-11-27/h3-7,10,13-14,23,27H,2,8-9,11-12H2,1H3. The van der Waals surface area contributed by atoms with Gasteiger partial charge in [0.2, 0.25) is 5.89 Å². The number of hydrogen-bond donors (Lipinski definition) is 1. The molecule has 0 radical (unpaired) electrons. The van der Waals surface area contributed by atoms with Gasteiger partial charge in [-0.15, -0.1) is 0 Å². The summed E-state index contributed by atoms with van der Waals surface area (Å²) >= 11 is 0. The predicted molar refractivity (Wildman–Crippen MR) is 111 cm³/mol. The van der Waals surface area contributed by atoms with Crippen LogP contribution in [0.1, 0.15) is 29.4 Å². The van der Waals surface area contributed by atoms with E-state index in [2.05, 4.69) is 9.72 Å². The molecule has 2 aromatic carbocycles. The zero-order valence-corrected chi connectivity index (χ0v) is 17.4. The number of ether oxygens (including phenoxy) is 3. The Hall–Kier alpha value is -3.46. The van der Waals surface area contributed by atoms with Gasteiger partial charge in [-0.2, -0.15) is 8.78 Å². The van der Waals surface area contributed by atoms with Crippen LogP contribution < -0.4 is 14.2 Å². The van der Waals surface area contributed by atoms with Crippen LogP contribution in [-0.2, 0) is 6.42 Å². The van der Waals surface area contributed by atoms with Gasteiger partial charge in [0.25, 0.3) is 0 Å². The Morgan fingerprint density at radius 2 is 1.94 bits per heavy atom. The first-order valence-electron chi connectivity index (χ1n) is 10.0. The summed E-state index contributed by atoms with van der Waals surface area (Å²) in [4.78, 5) is 17.0. The number of Topliss-reactive ketones (excluding diaryl/α,β-unsaturated/α-hetero) is 1. The van der Waals surface area contributed by atoms with Crippen molar-refractivity contribution in [3.63, 3.8) is 0 Å². The van der Waals surface area contributed by atoms with E-state index in [0.717, 1.165) is 0 Å². The zero-order valence-electron chi connectivity index (χ0n) is 17.4. The lowest BCUT2D eigenvalue weighted by Crippen LogP contribution is -2.08. The molecule has 0 saturated carbocycles. The highest BCUT2D eigenvalue weighted by Gasteiger charge is 2.16. The van der Waals surface area contributed by atoms with E-state index in [-0.39, 0.29) is 49.4 Å². The highest BCUT2D eigenvalue weighted by Crippen LogP contribution is 2.33. The molecular formula is C23H23F2NO6. The van der Waals surface area contributed by atoms with Crippen molar-refractivity contribution in [1.82, 2.24) is 4.98 Å². The van der Waals surface area contributed by atoms with Crippen molar-refractivity contribution >= 4 is 5.78 Å². The molecule has 3 aromatic rings. The average molecular weight is 447 g/mol. The van der Waals surface area contributed by atoms with Gasteiger partial charge in [0.15, 0.2) is 17.3 Å². The molecule has 0 aliphatic rings. The van der Waals surface area contributed by atoms with Gasteiger partial charge in [-0.05, 0) is 37.3 Å². The maximum atomic E-state index is 12.6. The molecule has 1 aromatic heterocycles. The molecule has 0 atom stereocenters.